The monoisotopic (exact) mass is 251 g/mol. The molecule has 1 aliphatic rings. The Morgan fingerprint density at radius 3 is 2.78 bits per heavy atom. The molecule has 0 spiro atoms. The summed E-state index contributed by atoms with van der Waals surface area (Å²) in [7, 11) is 0. The third-order valence-corrected chi connectivity index (χ3v) is 3.60. The van der Waals surface area contributed by atoms with Crippen molar-refractivity contribution in [3.05, 3.63) is 30.1 Å². The molecule has 18 heavy (non-hydrogen) atoms. The number of halogens is 1. The number of likely N-dealkylation sites (tertiary alicyclic amines) is 1. The smallest absolute Gasteiger partial charge is 0.279 e. The minimum atomic E-state index is -0.289. The fraction of sp³-hybridized carbons (Fsp3) is 0.500. The summed E-state index contributed by atoms with van der Waals surface area (Å²) in [4.78, 5) is 13.2. The average molecular weight is 251 g/mol. The van der Waals surface area contributed by atoms with Crippen molar-refractivity contribution in [3.63, 3.8) is 0 Å². The molecule has 1 amide bonds. The third kappa shape index (κ3) is 3.53. The van der Waals surface area contributed by atoms with Crippen LogP contribution in [0.25, 0.3) is 0 Å². The highest BCUT2D eigenvalue weighted by molar-refractivity contribution is 5.91. The zero-order valence-electron chi connectivity index (χ0n) is 10.7. The van der Waals surface area contributed by atoms with E-state index in [0.717, 1.165) is 6.54 Å². The molecule has 2 atom stereocenters. The lowest BCUT2D eigenvalue weighted by Gasteiger charge is -2.29. The van der Waals surface area contributed by atoms with Crippen molar-refractivity contribution in [2.75, 3.05) is 18.4 Å². The van der Waals surface area contributed by atoms with Crippen LogP contribution in [-0.4, -0.2) is 25.0 Å². The minimum Gasteiger partial charge on any atom is -0.325 e. The largest absolute Gasteiger partial charge is 0.325 e. The Morgan fingerprint density at radius 1 is 1.39 bits per heavy atom. The van der Waals surface area contributed by atoms with Gasteiger partial charge in [-0.3, -0.25) is 4.79 Å². The minimum absolute atomic E-state index is 0.00496. The van der Waals surface area contributed by atoms with Crippen molar-refractivity contribution in [2.24, 2.45) is 0 Å². The van der Waals surface area contributed by atoms with Gasteiger partial charge in [-0.15, -0.1) is 0 Å². The summed E-state index contributed by atoms with van der Waals surface area (Å²) < 4.78 is 12.7. The van der Waals surface area contributed by atoms with Gasteiger partial charge in [0.1, 0.15) is 5.82 Å². The molecule has 3 nitrogen and oxygen atoms in total. The maximum absolute atomic E-state index is 12.7. The maximum Gasteiger partial charge on any atom is 0.279 e. The van der Waals surface area contributed by atoms with Crippen molar-refractivity contribution in [1.82, 2.24) is 0 Å². The molecule has 0 aromatic heterocycles. The summed E-state index contributed by atoms with van der Waals surface area (Å²) in [6, 6.07) is 6.43. The van der Waals surface area contributed by atoms with Crippen molar-refractivity contribution >= 4 is 11.6 Å². The molecule has 1 heterocycles. The van der Waals surface area contributed by atoms with Crippen LogP contribution in [0.2, 0.25) is 0 Å². The lowest BCUT2D eigenvalue weighted by Crippen LogP contribution is -3.17. The first-order chi connectivity index (χ1) is 8.65. The Morgan fingerprint density at radius 2 is 2.11 bits per heavy atom. The fourth-order valence-electron chi connectivity index (χ4n) is 2.46. The Hall–Kier alpha value is -1.42. The predicted molar refractivity (Wildman–Crippen MR) is 69.0 cm³/mol. The van der Waals surface area contributed by atoms with Crippen LogP contribution in [0, 0.1) is 5.82 Å². The van der Waals surface area contributed by atoms with E-state index >= 15 is 0 Å². The van der Waals surface area contributed by atoms with Gasteiger partial charge in [0.05, 0.1) is 12.6 Å². The molecule has 0 aliphatic carbocycles. The van der Waals surface area contributed by atoms with Gasteiger partial charge >= 0.3 is 0 Å². The topological polar surface area (TPSA) is 33.5 Å². The molecule has 1 saturated heterocycles. The number of anilines is 1. The molecule has 1 unspecified atom stereocenters. The second kappa shape index (κ2) is 5.96. The van der Waals surface area contributed by atoms with E-state index in [-0.39, 0.29) is 11.7 Å². The van der Waals surface area contributed by atoms with Crippen LogP contribution in [0.5, 0.6) is 0 Å². The summed E-state index contributed by atoms with van der Waals surface area (Å²) in [6.07, 6.45) is 3.66. The molecule has 0 saturated carbocycles. The molecular formula is C14H20FN2O+. The van der Waals surface area contributed by atoms with Crippen LogP contribution in [0.15, 0.2) is 24.3 Å². The van der Waals surface area contributed by atoms with Crippen LogP contribution in [0.1, 0.15) is 26.2 Å². The second-order valence-corrected chi connectivity index (χ2v) is 5.04. The first-order valence-electron chi connectivity index (χ1n) is 6.55. The van der Waals surface area contributed by atoms with Gasteiger partial charge in [0.15, 0.2) is 6.54 Å². The number of carbonyl (C=O) groups is 1. The first-order valence-corrected chi connectivity index (χ1v) is 6.55. The van der Waals surface area contributed by atoms with E-state index in [0.29, 0.717) is 18.3 Å². The summed E-state index contributed by atoms with van der Waals surface area (Å²) >= 11 is 0. The Kier molecular flexibility index (Phi) is 4.31. The zero-order valence-corrected chi connectivity index (χ0v) is 10.7. The number of piperidine rings is 1. The molecule has 2 N–H and O–H groups in total. The van der Waals surface area contributed by atoms with Crippen LogP contribution < -0.4 is 10.2 Å². The summed E-state index contributed by atoms with van der Waals surface area (Å²) in [6.45, 7) is 3.76. The standard InChI is InChI=1S/C14H19FN2O/c1-11-4-2-3-9-17(11)10-14(18)16-13-7-5-12(15)6-8-13/h5-8,11H,2-4,9-10H2,1H3,(H,16,18)/p+1/t11-/m1/s1. The summed E-state index contributed by atoms with van der Waals surface area (Å²) in [5.74, 6) is -0.284. The van der Waals surface area contributed by atoms with E-state index in [1.54, 1.807) is 12.1 Å². The number of carbonyl (C=O) groups excluding carboxylic acids is 1. The van der Waals surface area contributed by atoms with Crippen LogP contribution >= 0.6 is 0 Å². The van der Waals surface area contributed by atoms with Crippen LogP contribution in [0.4, 0.5) is 10.1 Å². The molecular weight excluding hydrogens is 231 g/mol. The molecule has 0 bridgehead atoms. The summed E-state index contributed by atoms with van der Waals surface area (Å²) in [5.41, 5.74) is 0.658. The van der Waals surface area contributed by atoms with Crippen molar-refractivity contribution < 1.29 is 14.1 Å². The highest BCUT2D eigenvalue weighted by atomic mass is 19.1. The number of nitrogens with one attached hydrogen (secondary N) is 2. The molecule has 1 aromatic carbocycles. The average Bonchev–Trinajstić information content (AvgIpc) is 2.35. The van der Waals surface area contributed by atoms with Gasteiger partial charge in [-0.2, -0.15) is 0 Å². The molecule has 98 valence electrons. The number of hydrogen-bond acceptors (Lipinski definition) is 1. The Balaban J connectivity index is 1.86. The highest BCUT2D eigenvalue weighted by Crippen LogP contribution is 2.07. The van der Waals surface area contributed by atoms with Gasteiger partial charge in [-0.25, -0.2) is 4.39 Å². The second-order valence-electron chi connectivity index (χ2n) is 5.04. The van der Waals surface area contributed by atoms with E-state index in [9.17, 15) is 9.18 Å². The van der Waals surface area contributed by atoms with Crippen molar-refractivity contribution in [3.8, 4) is 0 Å². The van der Waals surface area contributed by atoms with Gasteiger partial charge in [-0.05, 0) is 50.5 Å². The van der Waals surface area contributed by atoms with E-state index in [4.69, 9.17) is 0 Å². The lowest BCUT2D eigenvalue weighted by atomic mass is 10.0. The number of benzene rings is 1. The number of quaternary nitrogens is 1. The quantitative estimate of drug-likeness (QED) is 0.832. The number of rotatable bonds is 3. The zero-order chi connectivity index (χ0) is 13.0. The molecule has 2 rings (SSSR count). The van der Waals surface area contributed by atoms with Crippen molar-refractivity contribution in [1.29, 1.82) is 0 Å². The Bertz CT molecular complexity index is 405. The van der Waals surface area contributed by atoms with E-state index in [1.165, 1.54) is 36.3 Å². The van der Waals surface area contributed by atoms with Crippen LogP contribution in [0.3, 0.4) is 0 Å². The maximum atomic E-state index is 12.7. The molecule has 1 aliphatic heterocycles. The van der Waals surface area contributed by atoms with Crippen LogP contribution in [-0.2, 0) is 4.79 Å². The van der Waals surface area contributed by atoms with E-state index in [1.807, 2.05) is 0 Å². The fourth-order valence-corrected chi connectivity index (χ4v) is 2.46. The van der Waals surface area contributed by atoms with Gasteiger partial charge in [0.25, 0.3) is 5.91 Å². The van der Waals surface area contributed by atoms with Gasteiger partial charge < -0.3 is 10.2 Å². The molecule has 1 aromatic rings. The van der Waals surface area contributed by atoms with E-state index in [2.05, 4.69) is 12.2 Å². The molecule has 1 fully saturated rings. The highest BCUT2D eigenvalue weighted by Gasteiger charge is 2.24. The third-order valence-electron chi connectivity index (χ3n) is 3.60. The normalized spacial score (nSPS) is 23.7. The lowest BCUT2D eigenvalue weighted by molar-refractivity contribution is -0.920. The predicted octanol–water partition coefficient (Wildman–Crippen LogP) is 1.22. The van der Waals surface area contributed by atoms with Gasteiger partial charge in [0.2, 0.25) is 0 Å². The van der Waals surface area contributed by atoms with Crippen molar-refractivity contribution in [2.45, 2.75) is 32.2 Å². The molecule has 4 heteroatoms. The Labute approximate surface area is 107 Å². The van der Waals surface area contributed by atoms with Gasteiger partial charge in [-0.1, -0.05) is 0 Å². The molecule has 0 radical (unpaired) electrons. The number of hydrogen-bond donors (Lipinski definition) is 2. The van der Waals surface area contributed by atoms with E-state index < -0.39 is 0 Å². The number of amides is 1. The SMILES string of the molecule is C[C@@H]1CCCC[NH+]1CC(=O)Nc1ccc(F)cc1. The van der Waals surface area contributed by atoms with Gasteiger partial charge in [0, 0.05) is 5.69 Å². The first kappa shape index (κ1) is 13.0. The summed E-state index contributed by atoms with van der Waals surface area (Å²) in [5, 5.41) is 2.81.